The van der Waals surface area contributed by atoms with Gasteiger partial charge in [-0.1, -0.05) is 25.1 Å². The molecule has 3 heterocycles. The Hall–Kier alpha value is -3.03. The van der Waals surface area contributed by atoms with Gasteiger partial charge >= 0.3 is 0 Å². The summed E-state index contributed by atoms with van der Waals surface area (Å²) in [6, 6.07) is 11.0. The highest BCUT2D eigenvalue weighted by Gasteiger charge is 2.59. The van der Waals surface area contributed by atoms with E-state index < -0.39 is 29.8 Å². The molecule has 2 aliphatic heterocycles. The van der Waals surface area contributed by atoms with Crippen LogP contribution >= 0.6 is 0 Å². The van der Waals surface area contributed by atoms with Gasteiger partial charge in [0.05, 0.1) is 17.5 Å². The van der Waals surface area contributed by atoms with Gasteiger partial charge in [0.25, 0.3) is 5.91 Å². The molecule has 1 aromatic heterocycles. The molecular formula is C25H27F2N3O3. The zero-order chi connectivity index (χ0) is 23.3. The lowest BCUT2D eigenvalue weighted by molar-refractivity contribution is -0.185. The number of nitrogens with zero attached hydrogens (tertiary/aromatic N) is 3. The monoisotopic (exact) mass is 455 g/mol. The number of alkyl halides is 2. The number of carbonyl (C=O) groups is 2. The van der Waals surface area contributed by atoms with Crippen LogP contribution in [0.5, 0.6) is 5.75 Å². The fourth-order valence-corrected chi connectivity index (χ4v) is 5.42. The summed E-state index contributed by atoms with van der Waals surface area (Å²) < 4.78 is 33.8. The number of carbonyl (C=O) groups excluding carboxylic acids is 2. The minimum atomic E-state index is -2.78. The first-order chi connectivity index (χ1) is 15.7. The van der Waals surface area contributed by atoms with Crippen LogP contribution in [0.4, 0.5) is 8.78 Å². The second-order valence-electron chi connectivity index (χ2n) is 9.86. The van der Waals surface area contributed by atoms with Crippen LogP contribution in [0, 0.1) is 5.41 Å². The highest BCUT2D eigenvalue weighted by atomic mass is 19.3. The molecular weight excluding hydrogens is 428 g/mol. The molecule has 33 heavy (non-hydrogen) atoms. The smallest absolute Gasteiger partial charge is 0.255 e. The Morgan fingerprint density at radius 3 is 2.42 bits per heavy atom. The molecule has 3 aliphatic rings. The Bertz CT molecular complexity index is 1060. The first-order valence-corrected chi connectivity index (χ1v) is 11.3. The summed E-state index contributed by atoms with van der Waals surface area (Å²) in [7, 11) is 0. The van der Waals surface area contributed by atoms with E-state index in [1.807, 2.05) is 24.3 Å². The normalized spacial score (nSPS) is 22.5. The van der Waals surface area contributed by atoms with Crippen molar-refractivity contribution in [2.75, 3.05) is 19.6 Å². The third-order valence-electron chi connectivity index (χ3n) is 7.11. The fraction of sp³-hybridized carbons (Fsp3) is 0.480. The van der Waals surface area contributed by atoms with E-state index >= 15 is 0 Å². The number of hydrogen-bond acceptors (Lipinski definition) is 4. The molecule has 2 aromatic rings. The number of pyridine rings is 1. The number of benzene rings is 1. The molecule has 1 saturated carbocycles. The predicted molar refractivity (Wildman–Crippen MR) is 117 cm³/mol. The second kappa shape index (κ2) is 7.78. The number of likely N-dealkylation sites (tertiary alicyclic amines) is 1. The first kappa shape index (κ1) is 21.8. The second-order valence-corrected chi connectivity index (χ2v) is 9.86. The van der Waals surface area contributed by atoms with Crippen LogP contribution in [-0.2, 0) is 11.3 Å². The summed E-state index contributed by atoms with van der Waals surface area (Å²) in [6.07, 6.45) is 3.44. The predicted octanol–water partition coefficient (Wildman–Crippen LogP) is 3.91. The minimum absolute atomic E-state index is 0.0795. The minimum Gasteiger partial charge on any atom is -0.485 e. The van der Waals surface area contributed by atoms with Crippen molar-refractivity contribution in [3.05, 3.63) is 59.9 Å². The molecule has 0 radical (unpaired) electrons. The average molecular weight is 456 g/mol. The van der Waals surface area contributed by atoms with Gasteiger partial charge in [-0.2, -0.15) is 0 Å². The number of fused-ring (bicyclic) bond motifs is 1. The highest BCUT2D eigenvalue weighted by molar-refractivity contribution is 5.94. The molecule has 0 N–H and O–H groups in total. The molecule has 0 atom stereocenters. The van der Waals surface area contributed by atoms with E-state index in [0.717, 1.165) is 5.56 Å². The standard InChI is InChI=1S/C25H27F2N3O3/c1-23(15-25(26,27)16-23)22(32)30-14-19-5-2-3-7-20(19)33-24(17-30)8-11-29(12-9-24)21(31)18-6-4-10-28-13-18/h2-7,10,13H,8-9,11-12,14-17H2,1H3. The molecule has 1 aromatic carbocycles. The maximum absolute atomic E-state index is 13.6. The average Bonchev–Trinajstić information content (AvgIpc) is 2.94. The van der Waals surface area contributed by atoms with E-state index in [2.05, 4.69) is 4.98 Å². The third kappa shape index (κ3) is 4.07. The van der Waals surface area contributed by atoms with Crippen LogP contribution in [-0.4, -0.2) is 57.8 Å². The lowest BCUT2D eigenvalue weighted by Gasteiger charge is -2.47. The molecule has 0 unspecified atom stereocenters. The van der Waals surface area contributed by atoms with E-state index in [1.165, 1.54) is 0 Å². The van der Waals surface area contributed by atoms with Crippen molar-refractivity contribution in [1.82, 2.24) is 14.8 Å². The number of aromatic nitrogens is 1. The molecule has 1 aliphatic carbocycles. The van der Waals surface area contributed by atoms with Crippen molar-refractivity contribution in [2.45, 2.75) is 50.7 Å². The van der Waals surface area contributed by atoms with E-state index in [4.69, 9.17) is 4.74 Å². The largest absolute Gasteiger partial charge is 0.485 e. The molecule has 6 nitrogen and oxygen atoms in total. The molecule has 0 bridgehead atoms. The Kier molecular flexibility index (Phi) is 5.14. The molecule has 174 valence electrons. The Labute approximate surface area is 191 Å². The number of halogens is 2. The topological polar surface area (TPSA) is 62.7 Å². The van der Waals surface area contributed by atoms with Crippen LogP contribution in [0.25, 0.3) is 0 Å². The Morgan fingerprint density at radius 1 is 1.03 bits per heavy atom. The molecule has 2 fully saturated rings. The molecule has 2 amide bonds. The van der Waals surface area contributed by atoms with Gasteiger partial charge in [-0.05, 0) is 18.2 Å². The van der Waals surface area contributed by atoms with Crippen molar-refractivity contribution in [3.63, 3.8) is 0 Å². The van der Waals surface area contributed by atoms with Crippen LogP contribution in [0.15, 0.2) is 48.8 Å². The summed E-state index contributed by atoms with van der Waals surface area (Å²) in [4.78, 5) is 33.8. The molecule has 8 heteroatoms. The van der Waals surface area contributed by atoms with Gasteiger partial charge in [0.15, 0.2) is 0 Å². The lowest BCUT2D eigenvalue weighted by atomic mass is 9.66. The van der Waals surface area contributed by atoms with Gasteiger partial charge in [0, 0.05) is 63.3 Å². The number of ether oxygens (including phenoxy) is 1. The maximum Gasteiger partial charge on any atom is 0.255 e. The summed E-state index contributed by atoms with van der Waals surface area (Å²) >= 11 is 0. The quantitative estimate of drug-likeness (QED) is 0.689. The summed E-state index contributed by atoms with van der Waals surface area (Å²) in [5, 5.41) is 0. The maximum atomic E-state index is 13.6. The highest BCUT2D eigenvalue weighted by Crippen LogP contribution is 2.53. The van der Waals surface area contributed by atoms with E-state index in [-0.39, 0.29) is 11.8 Å². The van der Waals surface area contributed by atoms with Gasteiger partial charge in [0.2, 0.25) is 11.8 Å². The number of amides is 2. The van der Waals surface area contributed by atoms with E-state index in [1.54, 1.807) is 41.2 Å². The third-order valence-corrected chi connectivity index (χ3v) is 7.11. The lowest BCUT2D eigenvalue weighted by Crippen LogP contribution is -2.59. The van der Waals surface area contributed by atoms with Crippen LogP contribution in [0.2, 0.25) is 0 Å². The van der Waals surface area contributed by atoms with Gasteiger partial charge in [-0.15, -0.1) is 0 Å². The van der Waals surface area contributed by atoms with Crippen molar-refractivity contribution in [2.24, 2.45) is 5.41 Å². The van der Waals surface area contributed by atoms with Gasteiger partial charge in [-0.3, -0.25) is 14.6 Å². The van der Waals surface area contributed by atoms with Crippen molar-refractivity contribution < 1.29 is 23.1 Å². The van der Waals surface area contributed by atoms with Crippen molar-refractivity contribution >= 4 is 11.8 Å². The summed E-state index contributed by atoms with van der Waals surface area (Å²) in [5.74, 6) is -2.39. The van der Waals surface area contributed by atoms with E-state index in [0.29, 0.717) is 50.3 Å². The Morgan fingerprint density at radius 2 is 1.76 bits per heavy atom. The van der Waals surface area contributed by atoms with Gasteiger partial charge in [-0.25, -0.2) is 8.78 Å². The summed E-state index contributed by atoms with van der Waals surface area (Å²) in [5.41, 5.74) is -0.320. The fourth-order valence-electron chi connectivity index (χ4n) is 5.42. The number of hydrogen-bond donors (Lipinski definition) is 0. The zero-order valence-corrected chi connectivity index (χ0v) is 18.6. The first-order valence-electron chi connectivity index (χ1n) is 11.3. The molecule has 5 rings (SSSR count). The van der Waals surface area contributed by atoms with Crippen LogP contribution < -0.4 is 4.74 Å². The zero-order valence-electron chi connectivity index (χ0n) is 18.6. The Balaban J connectivity index is 1.37. The molecule has 1 spiro atoms. The van der Waals surface area contributed by atoms with E-state index in [9.17, 15) is 18.4 Å². The van der Waals surface area contributed by atoms with Crippen LogP contribution in [0.1, 0.15) is 48.5 Å². The number of para-hydroxylation sites is 1. The number of rotatable bonds is 2. The number of piperidine rings is 1. The van der Waals surface area contributed by atoms with Crippen molar-refractivity contribution in [3.8, 4) is 5.75 Å². The van der Waals surface area contributed by atoms with Gasteiger partial charge < -0.3 is 14.5 Å². The molecule has 1 saturated heterocycles. The van der Waals surface area contributed by atoms with Crippen LogP contribution in [0.3, 0.4) is 0 Å². The van der Waals surface area contributed by atoms with Gasteiger partial charge in [0.1, 0.15) is 11.4 Å². The SMILES string of the molecule is CC1(C(=O)N2Cc3ccccc3OC3(CCN(C(=O)c4cccnc4)CC3)C2)CC(F)(F)C1. The van der Waals surface area contributed by atoms with Crippen molar-refractivity contribution in [1.29, 1.82) is 0 Å². The summed E-state index contributed by atoms with van der Waals surface area (Å²) in [6.45, 7) is 3.24.